The van der Waals surface area contributed by atoms with Gasteiger partial charge in [0.05, 0.1) is 18.6 Å². The molecule has 16 heavy (non-hydrogen) atoms. The molecule has 1 N–H and O–H groups in total. The molecule has 3 rings (SSSR count). The van der Waals surface area contributed by atoms with E-state index in [2.05, 4.69) is 12.1 Å². The molecule has 1 aromatic heterocycles. The molecule has 2 heterocycles. The van der Waals surface area contributed by atoms with Crippen molar-refractivity contribution in [2.45, 2.75) is 12.5 Å². The zero-order valence-corrected chi connectivity index (χ0v) is 8.84. The van der Waals surface area contributed by atoms with Crippen molar-refractivity contribution in [1.82, 2.24) is 5.06 Å². The minimum Gasteiger partial charge on any atom is -0.472 e. The Morgan fingerprint density at radius 3 is 2.94 bits per heavy atom. The molecule has 2 aromatic rings. The summed E-state index contributed by atoms with van der Waals surface area (Å²) in [7, 11) is 0. The number of benzene rings is 1. The minimum absolute atomic E-state index is 0.0938. The second-order valence-electron chi connectivity index (χ2n) is 4.07. The van der Waals surface area contributed by atoms with Gasteiger partial charge in [-0.1, -0.05) is 24.3 Å². The Balaban J connectivity index is 2.10. The van der Waals surface area contributed by atoms with E-state index in [4.69, 9.17) is 4.42 Å². The predicted octanol–water partition coefficient (Wildman–Crippen LogP) is 2.62. The van der Waals surface area contributed by atoms with Crippen LogP contribution in [0, 0.1) is 0 Å². The summed E-state index contributed by atoms with van der Waals surface area (Å²) >= 11 is 0. The molecule has 0 saturated heterocycles. The van der Waals surface area contributed by atoms with Gasteiger partial charge in [0.25, 0.3) is 0 Å². The lowest BCUT2D eigenvalue weighted by molar-refractivity contribution is -0.121. The second kappa shape index (κ2) is 3.77. The van der Waals surface area contributed by atoms with Crippen molar-refractivity contribution < 1.29 is 9.62 Å². The fraction of sp³-hybridized carbons (Fsp3) is 0.231. The number of furan rings is 1. The third kappa shape index (κ3) is 1.45. The maximum absolute atomic E-state index is 9.98. The Bertz CT molecular complexity index is 478. The topological polar surface area (TPSA) is 36.6 Å². The van der Waals surface area contributed by atoms with Crippen molar-refractivity contribution in [3.05, 3.63) is 59.5 Å². The standard InChI is InChI=1S/C13H13NO2/c15-14-7-5-10-3-1-2-4-12(10)13(14)11-6-8-16-9-11/h1-4,6,8-9,13,15H,5,7H2/t13-/m0/s1. The van der Waals surface area contributed by atoms with Crippen LogP contribution in [-0.4, -0.2) is 16.8 Å². The van der Waals surface area contributed by atoms with E-state index in [1.807, 2.05) is 18.2 Å². The van der Waals surface area contributed by atoms with Crippen LogP contribution in [0.3, 0.4) is 0 Å². The molecular formula is C13H13NO2. The highest BCUT2D eigenvalue weighted by Gasteiger charge is 2.27. The number of fused-ring (bicyclic) bond motifs is 1. The quantitative estimate of drug-likeness (QED) is 0.794. The van der Waals surface area contributed by atoms with E-state index in [0.29, 0.717) is 6.54 Å². The lowest BCUT2D eigenvalue weighted by atomic mass is 9.91. The van der Waals surface area contributed by atoms with Gasteiger partial charge < -0.3 is 9.62 Å². The second-order valence-corrected chi connectivity index (χ2v) is 4.07. The third-order valence-electron chi connectivity index (χ3n) is 3.12. The number of nitrogens with zero attached hydrogens (tertiary/aromatic N) is 1. The number of hydroxylamine groups is 2. The van der Waals surface area contributed by atoms with Crippen LogP contribution in [0.2, 0.25) is 0 Å². The van der Waals surface area contributed by atoms with Crippen molar-refractivity contribution in [1.29, 1.82) is 0 Å². The van der Waals surface area contributed by atoms with Crippen LogP contribution < -0.4 is 0 Å². The van der Waals surface area contributed by atoms with Crippen LogP contribution >= 0.6 is 0 Å². The molecule has 0 fully saturated rings. The van der Waals surface area contributed by atoms with Gasteiger partial charge >= 0.3 is 0 Å². The summed E-state index contributed by atoms with van der Waals surface area (Å²) in [4.78, 5) is 0. The average molecular weight is 215 g/mol. The van der Waals surface area contributed by atoms with Crippen molar-refractivity contribution in [2.24, 2.45) is 0 Å². The normalized spacial score (nSPS) is 20.7. The SMILES string of the molecule is ON1CCc2ccccc2[C@@H]1c1ccoc1. The van der Waals surface area contributed by atoms with Crippen molar-refractivity contribution in [3.63, 3.8) is 0 Å². The maximum atomic E-state index is 9.98. The molecule has 1 atom stereocenters. The summed E-state index contributed by atoms with van der Waals surface area (Å²) in [5.74, 6) is 0. The zero-order chi connectivity index (χ0) is 11.0. The van der Waals surface area contributed by atoms with Crippen LogP contribution in [0.15, 0.2) is 47.3 Å². The summed E-state index contributed by atoms with van der Waals surface area (Å²) in [6, 6.07) is 10.0. The number of hydrogen-bond donors (Lipinski definition) is 1. The lowest BCUT2D eigenvalue weighted by Gasteiger charge is -2.32. The molecular weight excluding hydrogens is 202 g/mol. The molecule has 0 bridgehead atoms. The summed E-state index contributed by atoms with van der Waals surface area (Å²) in [6.07, 6.45) is 4.22. The smallest absolute Gasteiger partial charge is 0.0954 e. The lowest BCUT2D eigenvalue weighted by Crippen LogP contribution is -2.33. The Labute approximate surface area is 93.9 Å². The molecule has 0 radical (unpaired) electrons. The summed E-state index contributed by atoms with van der Waals surface area (Å²) in [5.41, 5.74) is 3.46. The number of hydrogen-bond acceptors (Lipinski definition) is 3. The van der Waals surface area contributed by atoms with E-state index in [-0.39, 0.29) is 6.04 Å². The monoisotopic (exact) mass is 215 g/mol. The van der Waals surface area contributed by atoms with E-state index in [1.54, 1.807) is 12.5 Å². The maximum Gasteiger partial charge on any atom is 0.0954 e. The molecule has 1 aliphatic heterocycles. The summed E-state index contributed by atoms with van der Waals surface area (Å²) < 4.78 is 5.09. The van der Waals surface area contributed by atoms with Gasteiger partial charge in [-0.05, 0) is 23.6 Å². The molecule has 1 aromatic carbocycles. The van der Waals surface area contributed by atoms with Gasteiger partial charge in [-0.2, -0.15) is 5.06 Å². The van der Waals surface area contributed by atoms with Gasteiger partial charge in [-0.25, -0.2) is 0 Å². The van der Waals surface area contributed by atoms with Gasteiger partial charge in [0, 0.05) is 12.1 Å². The Morgan fingerprint density at radius 2 is 2.12 bits per heavy atom. The fourth-order valence-corrected chi connectivity index (χ4v) is 2.34. The number of rotatable bonds is 1. The first-order chi connectivity index (χ1) is 7.86. The average Bonchev–Trinajstić information content (AvgIpc) is 2.82. The molecule has 0 unspecified atom stereocenters. The summed E-state index contributed by atoms with van der Waals surface area (Å²) in [5, 5.41) is 11.4. The van der Waals surface area contributed by atoms with Crippen LogP contribution in [-0.2, 0) is 6.42 Å². The van der Waals surface area contributed by atoms with E-state index >= 15 is 0 Å². The molecule has 3 nitrogen and oxygen atoms in total. The molecule has 82 valence electrons. The highest BCUT2D eigenvalue weighted by Crippen LogP contribution is 2.33. The van der Waals surface area contributed by atoms with Gasteiger partial charge in [0.15, 0.2) is 0 Å². The van der Waals surface area contributed by atoms with Gasteiger partial charge in [-0.15, -0.1) is 0 Å². The molecule has 0 saturated carbocycles. The summed E-state index contributed by atoms with van der Waals surface area (Å²) in [6.45, 7) is 0.660. The van der Waals surface area contributed by atoms with Crippen molar-refractivity contribution in [3.8, 4) is 0 Å². The van der Waals surface area contributed by atoms with Crippen molar-refractivity contribution >= 4 is 0 Å². The molecule has 1 aliphatic rings. The molecule has 3 heteroatoms. The van der Waals surface area contributed by atoms with Gasteiger partial charge in [-0.3, -0.25) is 0 Å². The molecule has 0 aliphatic carbocycles. The largest absolute Gasteiger partial charge is 0.472 e. The first-order valence-electron chi connectivity index (χ1n) is 5.41. The van der Waals surface area contributed by atoms with Crippen LogP contribution in [0.5, 0.6) is 0 Å². The van der Waals surface area contributed by atoms with Gasteiger partial charge in [0.2, 0.25) is 0 Å². The minimum atomic E-state index is -0.0938. The van der Waals surface area contributed by atoms with Crippen LogP contribution in [0.1, 0.15) is 22.7 Å². The zero-order valence-electron chi connectivity index (χ0n) is 8.84. The fourth-order valence-electron chi connectivity index (χ4n) is 2.34. The van der Waals surface area contributed by atoms with E-state index in [0.717, 1.165) is 17.5 Å². The van der Waals surface area contributed by atoms with Crippen LogP contribution in [0.25, 0.3) is 0 Å². The van der Waals surface area contributed by atoms with Crippen LogP contribution in [0.4, 0.5) is 0 Å². The first kappa shape index (κ1) is 9.63. The molecule has 0 spiro atoms. The van der Waals surface area contributed by atoms with E-state index < -0.39 is 0 Å². The Morgan fingerprint density at radius 1 is 1.25 bits per heavy atom. The Hall–Kier alpha value is -1.58. The van der Waals surface area contributed by atoms with E-state index in [1.165, 1.54) is 10.6 Å². The first-order valence-corrected chi connectivity index (χ1v) is 5.41. The van der Waals surface area contributed by atoms with E-state index in [9.17, 15) is 5.21 Å². The highest BCUT2D eigenvalue weighted by molar-refractivity contribution is 5.37. The van der Waals surface area contributed by atoms with Crippen molar-refractivity contribution in [2.75, 3.05) is 6.54 Å². The third-order valence-corrected chi connectivity index (χ3v) is 3.12. The molecule has 0 amide bonds. The Kier molecular flexibility index (Phi) is 2.27. The predicted molar refractivity (Wildman–Crippen MR) is 59.2 cm³/mol. The van der Waals surface area contributed by atoms with Gasteiger partial charge in [0.1, 0.15) is 0 Å². The highest BCUT2D eigenvalue weighted by atomic mass is 16.5.